The molecule has 2 aliphatic rings. The Morgan fingerprint density at radius 1 is 1.02 bits per heavy atom. The van der Waals surface area contributed by atoms with Gasteiger partial charge in [-0.25, -0.2) is 21.9 Å². The van der Waals surface area contributed by atoms with Crippen molar-refractivity contribution >= 4 is 21.9 Å². The predicted molar refractivity (Wildman–Crippen MR) is 159 cm³/mol. The first-order chi connectivity index (χ1) is 21.7. The van der Waals surface area contributed by atoms with E-state index in [9.17, 15) is 35.2 Å². The number of carbonyl (C=O) groups is 1. The first kappa shape index (κ1) is 31.7. The number of pyridine rings is 1. The quantitative estimate of drug-likeness (QED) is 0.158. The maximum Gasteiger partial charge on any atom is 0.416 e. The second-order valence-corrected chi connectivity index (χ2v) is 13.8. The molecule has 2 heterocycles. The molecule has 0 radical (unpaired) electrons. The summed E-state index contributed by atoms with van der Waals surface area (Å²) >= 11 is 0. The van der Waals surface area contributed by atoms with Crippen molar-refractivity contribution in [1.29, 1.82) is 0 Å². The minimum atomic E-state index is -4.71. The van der Waals surface area contributed by atoms with E-state index in [0.717, 1.165) is 30.5 Å². The third-order valence-corrected chi connectivity index (χ3v) is 10.9. The zero-order valence-electron chi connectivity index (χ0n) is 24.8. The molecule has 0 N–H and O–H groups in total. The Morgan fingerprint density at radius 2 is 1.67 bits per heavy atom. The molecule has 2 aliphatic carbocycles. The Hall–Kier alpha value is -4.23. The number of halogens is 5. The smallest absolute Gasteiger partial charge is 0.291 e. The number of rotatable bonds is 7. The summed E-state index contributed by atoms with van der Waals surface area (Å²) in [7, 11) is -4.17. The molecular formula is C33H29F5N4O3S. The molecule has 240 valence electrons. The maximum absolute atomic E-state index is 14.5. The van der Waals surface area contributed by atoms with Crippen LogP contribution in [0.1, 0.15) is 60.4 Å². The van der Waals surface area contributed by atoms with Crippen LogP contribution in [0, 0.1) is 17.0 Å². The van der Waals surface area contributed by atoms with Crippen LogP contribution in [0.5, 0.6) is 0 Å². The van der Waals surface area contributed by atoms with Crippen LogP contribution in [0.25, 0.3) is 11.8 Å². The monoisotopic (exact) mass is 656 g/mol. The van der Waals surface area contributed by atoms with Gasteiger partial charge in [0.15, 0.2) is 5.78 Å². The van der Waals surface area contributed by atoms with Crippen LogP contribution in [0.15, 0.2) is 83.5 Å². The number of aromatic nitrogens is 3. The molecule has 2 aromatic carbocycles. The van der Waals surface area contributed by atoms with Gasteiger partial charge in [0.2, 0.25) is 10.0 Å². The zero-order chi connectivity index (χ0) is 33.0. The van der Waals surface area contributed by atoms with Gasteiger partial charge in [0.05, 0.1) is 33.5 Å². The van der Waals surface area contributed by atoms with Crippen molar-refractivity contribution in [2.24, 2.45) is 5.41 Å². The Bertz CT molecular complexity index is 1940. The Labute approximate surface area is 262 Å². The summed E-state index contributed by atoms with van der Waals surface area (Å²) in [6, 6.07) is 10.4. The fraction of sp³-hybridized carbons (Fsp3) is 0.303. The number of allylic oxidation sites excluding steroid dienone is 1. The number of hydrogen-bond donors (Lipinski definition) is 0. The lowest BCUT2D eigenvalue weighted by atomic mass is 9.60. The standard InChI is InChI=1S/C33H29F5N4O3S/c1-20(2)42(46(44,45)28-11-6-25(35)7-12-28)27-8-3-22-16-30-21(19-40-41(30)26-9-4-24(34)5-10-26)17-32(22,18-27)31(43)29-15-23(13-14-39-29)33(36,37)38/h4-7,9-16,19-20,27H,3,8,17-18H2,1-2H3/t27-,32-/m0/s1. The summed E-state index contributed by atoms with van der Waals surface area (Å²) in [5.74, 6) is -1.68. The number of sulfonamides is 1. The molecule has 0 amide bonds. The first-order valence-electron chi connectivity index (χ1n) is 14.6. The highest BCUT2D eigenvalue weighted by Gasteiger charge is 2.52. The van der Waals surface area contributed by atoms with Crippen LogP contribution in [-0.2, 0) is 22.6 Å². The minimum absolute atomic E-state index is 0.0324. The molecule has 2 aromatic heterocycles. The largest absolute Gasteiger partial charge is 0.416 e. The Balaban J connectivity index is 1.47. The van der Waals surface area contributed by atoms with Gasteiger partial charge in [0.25, 0.3) is 0 Å². The third kappa shape index (κ3) is 5.55. The van der Waals surface area contributed by atoms with E-state index in [4.69, 9.17) is 0 Å². The average Bonchev–Trinajstić information content (AvgIpc) is 3.41. The normalized spacial score (nSPS) is 19.9. The van der Waals surface area contributed by atoms with Crippen molar-refractivity contribution in [3.63, 3.8) is 0 Å². The summed E-state index contributed by atoms with van der Waals surface area (Å²) in [5.41, 5.74) is -0.395. The molecule has 0 saturated heterocycles. The number of Topliss-reactive ketones (excluding diaryl/α,β-unsaturated/α-hetero) is 1. The van der Waals surface area contributed by atoms with Gasteiger partial charge >= 0.3 is 6.18 Å². The van der Waals surface area contributed by atoms with Gasteiger partial charge in [-0.1, -0.05) is 5.57 Å². The number of hydrogen-bond acceptors (Lipinski definition) is 5. The van der Waals surface area contributed by atoms with Crippen LogP contribution >= 0.6 is 0 Å². The maximum atomic E-state index is 14.5. The van der Waals surface area contributed by atoms with Gasteiger partial charge in [0, 0.05) is 18.3 Å². The summed E-state index contributed by atoms with van der Waals surface area (Å²) in [4.78, 5) is 18.4. The number of alkyl halides is 3. The van der Waals surface area contributed by atoms with E-state index in [1.807, 2.05) is 0 Å². The van der Waals surface area contributed by atoms with E-state index in [2.05, 4.69) is 10.1 Å². The molecule has 1 saturated carbocycles. The van der Waals surface area contributed by atoms with Gasteiger partial charge in [0.1, 0.15) is 17.3 Å². The molecule has 0 unspecified atom stereocenters. The van der Waals surface area contributed by atoms with Gasteiger partial charge in [-0.15, -0.1) is 0 Å². The van der Waals surface area contributed by atoms with Crippen LogP contribution in [0.2, 0.25) is 0 Å². The lowest BCUT2D eigenvalue weighted by molar-refractivity contribution is -0.137. The molecule has 0 aliphatic heterocycles. The van der Waals surface area contributed by atoms with Crippen molar-refractivity contribution in [3.05, 3.63) is 113 Å². The Kier molecular flexibility index (Phi) is 7.96. The van der Waals surface area contributed by atoms with Crippen LogP contribution < -0.4 is 0 Å². The highest BCUT2D eigenvalue weighted by molar-refractivity contribution is 7.89. The summed E-state index contributed by atoms with van der Waals surface area (Å²) in [6.45, 7) is 3.39. The fourth-order valence-electron chi connectivity index (χ4n) is 6.69. The van der Waals surface area contributed by atoms with Gasteiger partial charge in [-0.05, 0) is 112 Å². The predicted octanol–water partition coefficient (Wildman–Crippen LogP) is 7.02. The zero-order valence-corrected chi connectivity index (χ0v) is 25.6. The van der Waals surface area contributed by atoms with Crippen molar-refractivity contribution < 1.29 is 35.2 Å². The summed E-state index contributed by atoms with van der Waals surface area (Å²) in [6.07, 6.45) is 0.139. The van der Waals surface area contributed by atoms with E-state index in [0.29, 0.717) is 28.9 Å². The highest BCUT2D eigenvalue weighted by atomic mass is 32.2. The minimum Gasteiger partial charge on any atom is -0.291 e. The van der Waals surface area contributed by atoms with E-state index in [1.54, 1.807) is 42.9 Å². The van der Waals surface area contributed by atoms with Crippen molar-refractivity contribution in [2.45, 2.75) is 62.7 Å². The lowest BCUT2D eigenvalue weighted by Gasteiger charge is -2.47. The van der Waals surface area contributed by atoms with Crippen LogP contribution in [-0.4, -0.2) is 45.4 Å². The van der Waals surface area contributed by atoms with Crippen LogP contribution in [0.3, 0.4) is 0 Å². The molecule has 13 heteroatoms. The molecule has 0 spiro atoms. The summed E-state index contributed by atoms with van der Waals surface area (Å²) in [5, 5.41) is 4.47. The van der Waals surface area contributed by atoms with Crippen molar-refractivity contribution in [1.82, 2.24) is 19.1 Å². The molecule has 6 rings (SSSR count). The SMILES string of the molecule is CC(C)N([C@H]1CCC2=Cc3c(cnn3-c3ccc(F)cc3)C[C@]2(C(=O)c2cc(C(F)(F)F)ccn2)C1)S(=O)(=O)c1ccc(F)cc1. The van der Waals surface area contributed by atoms with Crippen molar-refractivity contribution in [2.75, 3.05) is 0 Å². The lowest BCUT2D eigenvalue weighted by Crippen LogP contribution is -2.52. The average molecular weight is 657 g/mol. The van der Waals surface area contributed by atoms with Gasteiger partial charge < -0.3 is 0 Å². The van der Waals surface area contributed by atoms with Gasteiger partial charge in [-0.3, -0.25) is 9.78 Å². The molecular weight excluding hydrogens is 627 g/mol. The highest BCUT2D eigenvalue weighted by Crippen LogP contribution is 2.52. The summed E-state index contributed by atoms with van der Waals surface area (Å²) < 4.78 is 99.2. The fourth-order valence-corrected chi connectivity index (χ4v) is 8.54. The molecule has 46 heavy (non-hydrogen) atoms. The van der Waals surface area contributed by atoms with E-state index in [1.165, 1.54) is 28.6 Å². The Morgan fingerprint density at radius 3 is 2.30 bits per heavy atom. The van der Waals surface area contributed by atoms with Gasteiger partial charge in [-0.2, -0.15) is 22.6 Å². The second-order valence-electron chi connectivity index (χ2n) is 11.9. The molecule has 2 atom stereocenters. The van der Waals surface area contributed by atoms with E-state index >= 15 is 0 Å². The molecule has 1 fully saturated rings. The third-order valence-electron chi connectivity index (χ3n) is 8.72. The second kappa shape index (κ2) is 11.5. The first-order valence-corrected chi connectivity index (χ1v) is 16.1. The topological polar surface area (TPSA) is 85.2 Å². The molecule has 4 aromatic rings. The number of carbonyl (C=O) groups excluding carboxylic acids is 1. The van der Waals surface area contributed by atoms with E-state index in [-0.39, 0.29) is 29.9 Å². The van der Waals surface area contributed by atoms with Crippen LogP contribution in [0.4, 0.5) is 22.0 Å². The number of nitrogens with zero attached hydrogens (tertiary/aromatic N) is 4. The number of fused-ring (bicyclic) bond motifs is 2. The molecule has 7 nitrogen and oxygen atoms in total. The van der Waals surface area contributed by atoms with Crippen molar-refractivity contribution in [3.8, 4) is 5.69 Å². The molecule has 0 bridgehead atoms. The number of benzene rings is 2. The number of ketones is 1. The van der Waals surface area contributed by atoms with E-state index < -0.39 is 56.7 Å².